The molecule has 1 saturated carbocycles. The highest BCUT2D eigenvalue weighted by molar-refractivity contribution is 5.79. The maximum Gasteiger partial charge on any atom is 0.257 e. The maximum absolute atomic E-state index is 5.65. The van der Waals surface area contributed by atoms with E-state index in [1.54, 1.807) is 6.20 Å². The van der Waals surface area contributed by atoms with Gasteiger partial charge in [0, 0.05) is 12.1 Å². The summed E-state index contributed by atoms with van der Waals surface area (Å²) < 4.78 is 10.7. The van der Waals surface area contributed by atoms with Gasteiger partial charge < -0.3 is 8.94 Å². The highest BCUT2D eigenvalue weighted by Gasteiger charge is 2.29. The van der Waals surface area contributed by atoms with Crippen molar-refractivity contribution in [1.29, 1.82) is 0 Å². The molecule has 6 nitrogen and oxygen atoms in total. The minimum atomic E-state index is 0.459. The minimum absolute atomic E-state index is 0.459. The molecule has 1 aliphatic rings. The maximum atomic E-state index is 5.65. The number of hydrogen-bond donors (Lipinski definition) is 0. The lowest BCUT2D eigenvalue weighted by atomic mass is 10.2. The zero-order valence-corrected chi connectivity index (χ0v) is 9.75. The summed E-state index contributed by atoms with van der Waals surface area (Å²) >= 11 is 0. The predicted molar refractivity (Wildman–Crippen MR) is 61.8 cm³/mol. The van der Waals surface area contributed by atoms with E-state index in [1.165, 1.54) is 0 Å². The summed E-state index contributed by atoms with van der Waals surface area (Å²) in [6.07, 6.45) is 3.95. The van der Waals surface area contributed by atoms with E-state index >= 15 is 0 Å². The van der Waals surface area contributed by atoms with Crippen LogP contribution in [0.4, 0.5) is 0 Å². The Kier molecular flexibility index (Phi) is 1.83. The molecule has 0 atom stereocenters. The molecule has 0 radical (unpaired) electrons. The van der Waals surface area contributed by atoms with Gasteiger partial charge in [-0.15, -0.1) is 10.2 Å². The first kappa shape index (κ1) is 9.76. The zero-order valence-electron chi connectivity index (χ0n) is 9.75. The Morgan fingerprint density at radius 2 is 2.17 bits per heavy atom. The van der Waals surface area contributed by atoms with Crippen LogP contribution in [0, 0.1) is 6.92 Å². The van der Waals surface area contributed by atoms with E-state index in [0.29, 0.717) is 17.5 Å². The van der Waals surface area contributed by atoms with Gasteiger partial charge in [-0.25, -0.2) is 4.98 Å². The molecule has 0 N–H and O–H groups in total. The molecule has 0 saturated heterocycles. The van der Waals surface area contributed by atoms with Crippen LogP contribution in [0.1, 0.15) is 30.3 Å². The van der Waals surface area contributed by atoms with E-state index in [1.807, 2.05) is 13.0 Å². The molecule has 90 valence electrons. The molecule has 0 spiro atoms. The van der Waals surface area contributed by atoms with Gasteiger partial charge in [-0.3, -0.25) is 0 Å². The van der Waals surface area contributed by atoms with Crippen molar-refractivity contribution < 1.29 is 8.94 Å². The molecule has 0 amide bonds. The number of fused-ring (bicyclic) bond motifs is 1. The van der Waals surface area contributed by atoms with Gasteiger partial charge in [0.25, 0.3) is 5.71 Å². The standard InChI is InChI=1S/C12H10N4O2/c1-6-9-4-8(5-13-12(9)18-16-6)11-15-14-10(17-11)7-2-3-7/h4-5,7H,2-3H2,1H3. The largest absolute Gasteiger partial charge is 0.420 e. The fourth-order valence-electron chi connectivity index (χ4n) is 1.91. The van der Waals surface area contributed by atoms with Crippen molar-refractivity contribution >= 4 is 11.1 Å². The van der Waals surface area contributed by atoms with Gasteiger partial charge >= 0.3 is 0 Å². The number of nitrogens with zero attached hydrogens (tertiary/aromatic N) is 4. The first-order chi connectivity index (χ1) is 8.81. The quantitative estimate of drug-likeness (QED) is 0.686. The van der Waals surface area contributed by atoms with Crippen molar-refractivity contribution in [3.05, 3.63) is 23.8 Å². The summed E-state index contributed by atoms with van der Waals surface area (Å²) in [7, 11) is 0. The predicted octanol–water partition coefficient (Wildman–Crippen LogP) is 2.46. The molecule has 0 bridgehead atoms. The van der Waals surface area contributed by atoms with E-state index in [-0.39, 0.29) is 0 Å². The lowest BCUT2D eigenvalue weighted by Gasteiger charge is -1.93. The van der Waals surface area contributed by atoms with Crippen LogP contribution in [0.25, 0.3) is 22.6 Å². The Morgan fingerprint density at radius 3 is 3.00 bits per heavy atom. The van der Waals surface area contributed by atoms with E-state index < -0.39 is 0 Å². The smallest absolute Gasteiger partial charge is 0.257 e. The summed E-state index contributed by atoms with van der Waals surface area (Å²) in [5.74, 6) is 1.69. The average molecular weight is 242 g/mol. The van der Waals surface area contributed by atoms with Crippen molar-refractivity contribution in [3.8, 4) is 11.5 Å². The monoisotopic (exact) mass is 242 g/mol. The van der Waals surface area contributed by atoms with Gasteiger partial charge in [-0.2, -0.15) is 0 Å². The fraction of sp³-hybridized carbons (Fsp3) is 0.333. The number of aromatic nitrogens is 4. The summed E-state index contributed by atoms with van der Waals surface area (Å²) in [5.41, 5.74) is 2.13. The summed E-state index contributed by atoms with van der Waals surface area (Å²) in [4.78, 5) is 4.19. The van der Waals surface area contributed by atoms with E-state index in [4.69, 9.17) is 8.94 Å². The SMILES string of the molecule is Cc1noc2ncc(-c3nnc(C4CC4)o3)cc12. The highest BCUT2D eigenvalue weighted by atomic mass is 16.5. The van der Waals surface area contributed by atoms with E-state index in [9.17, 15) is 0 Å². The zero-order chi connectivity index (χ0) is 12.1. The van der Waals surface area contributed by atoms with Crippen LogP contribution < -0.4 is 0 Å². The van der Waals surface area contributed by atoms with Gasteiger partial charge in [0.2, 0.25) is 11.8 Å². The Balaban J connectivity index is 1.81. The second-order valence-electron chi connectivity index (χ2n) is 4.56. The Labute approximate surface area is 102 Å². The van der Waals surface area contributed by atoms with Gasteiger partial charge in [0.1, 0.15) is 0 Å². The molecular formula is C12H10N4O2. The summed E-state index contributed by atoms with van der Waals surface area (Å²) in [6, 6.07) is 1.92. The Morgan fingerprint density at radius 1 is 1.28 bits per heavy atom. The van der Waals surface area contributed by atoms with Crippen molar-refractivity contribution in [2.45, 2.75) is 25.7 Å². The van der Waals surface area contributed by atoms with Crippen LogP contribution in [-0.4, -0.2) is 20.3 Å². The molecule has 1 fully saturated rings. The number of hydrogen-bond acceptors (Lipinski definition) is 6. The van der Waals surface area contributed by atoms with E-state index in [2.05, 4.69) is 20.3 Å². The summed E-state index contributed by atoms with van der Waals surface area (Å²) in [5, 5.41) is 12.9. The lowest BCUT2D eigenvalue weighted by molar-refractivity contribution is 0.443. The summed E-state index contributed by atoms with van der Waals surface area (Å²) in [6.45, 7) is 1.88. The van der Waals surface area contributed by atoms with Crippen LogP contribution in [0.3, 0.4) is 0 Å². The molecule has 3 heterocycles. The molecule has 6 heteroatoms. The number of rotatable bonds is 2. The third kappa shape index (κ3) is 1.42. The second-order valence-corrected chi connectivity index (χ2v) is 4.56. The van der Waals surface area contributed by atoms with Gasteiger partial charge in [0.15, 0.2) is 0 Å². The molecule has 1 aliphatic carbocycles. The Hall–Kier alpha value is -2.24. The lowest BCUT2D eigenvalue weighted by Crippen LogP contribution is -1.81. The van der Waals surface area contributed by atoms with Crippen molar-refractivity contribution in [3.63, 3.8) is 0 Å². The molecule has 0 aliphatic heterocycles. The Bertz CT molecular complexity index is 727. The second kappa shape index (κ2) is 3.38. The molecule has 3 aromatic rings. The normalized spacial score (nSPS) is 15.4. The first-order valence-corrected chi connectivity index (χ1v) is 5.87. The first-order valence-electron chi connectivity index (χ1n) is 5.87. The van der Waals surface area contributed by atoms with E-state index in [0.717, 1.165) is 35.4 Å². The van der Waals surface area contributed by atoms with Crippen molar-refractivity contribution in [2.24, 2.45) is 0 Å². The van der Waals surface area contributed by atoms with Gasteiger partial charge in [-0.1, -0.05) is 5.16 Å². The third-order valence-corrected chi connectivity index (χ3v) is 3.12. The van der Waals surface area contributed by atoms with Gasteiger partial charge in [0.05, 0.1) is 16.6 Å². The van der Waals surface area contributed by atoms with Crippen molar-refractivity contribution in [2.75, 3.05) is 0 Å². The average Bonchev–Trinajstić information content (AvgIpc) is 3.01. The van der Waals surface area contributed by atoms with Crippen LogP contribution >= 0.6 is 0 Å². The van der Waals surface area contributed by atoms with Crippen LogP contribution in [0.5, 0.6) is 0 Å². The van der Waals surface area contributed by atoms with Gasteiger partial charge in [-0.05, 0) is 25.8 Å². The molecule has 0 aromatic carbocycles. The van der Waals surface area contributed by atoms with Crippen molar-refractivity contribution in [1.82, 2.24) is 20.3 Å². The highest BCUT2D eigenvalue weighted by Crippen LogP contribution is 2.40. The molecular weight excluding hydrogens is 232 g/mol. The molecule has 18 heavy (non-hydrogen) atoms. The molecule has 0 unspecified atom stereocenters. The third-order valence-electron chi connectivity index (χ3n) is 3.12. The topological polar surface area (TPSA) is 77.8 Å². The number of aryl methyl sites for hydroxylation is 1. The van der Waals surface area contributed by atoms with Crippen LogP contribution in [-0.2, 0) is 0 Å². The van der Waals surface area contributed by atoms with Crippen LogP contribution in [0.2, 0.25) is 0 Å². The minimum Gasteiger partial charge on any atom is -0.420 e. The number of pyridine rings is 1. The molecule has 4 rings (SSSR count). The fourth-order valence-corrected chi connectivity index (χ4v) is 1.91. The van der Waals surface area contributed by atoms with Crippen LogP contribution in [0.15, 0.2) is 21.2 Å². The molecule has 3 aromatic heterocycles.